The smallest absolute Gasteiger partial charge is 0.253 e. The zero-order valence-corrected chi connectivity index (χ0v) is 23.5. The standard InChI is InChI=1S/C30H37N7O3/c1-4-39-23-10-11-26-22(17-23)18-25(30(38)31-26)28(29-32-33-34-37(29)19-24-8-6-16-40-24)36-14-12-35(13-15-36)27-9-5-7-20(2)21(27)3/h5,7,9-11,17-18,24,28H,4,6,8,12-16,19H2,1-3H3,(H,31,38)/t24-,28+/m1/s1. The number of H-pyrrole nitrogens is 1. The molecule has 10 heteroatoms. The molecule has 2 saturated heterocycles. The first-order valence-corrected chi connectivity index (χ1v) is 14.2. The van der Waals surface area contributed by atoms with Crippen LogP contribution in [0, 0.1) is 13.8 Å². The normalized spacial score (nSPS) is 18.9. The Labute approximate surface area is 233 Å². The number of aromatic nitrogens is 5. The van der Waals surface area contributed by atoms with Gasteiger partial charge in [-0.1, -0.05) is 12.1 Å². The van der Waals surface area contributed by atoms with Crippen LogP contribution >= 0.6 is 0 Å². The van der Waals surface area contributed by atoms with Gasteiger partial charge in [0.2, 0.25) is 0 Å². The molecule has 0 aliphatic carbocycles. The number of nitrogens with one attached hydrogen (secondary N) is 1. The number of fused-ring (bicyclic) bond motifs is 1. The zero-order chi connectivity index (χ0) is 27.6. The first-order valence-electron chi connectivity index (χ1n) is 14.2. The lowest BCUT2D eigenvalue weighted by molar-refractivity contribution is 0.0906. The zero-order valence-electron chi connectivity index (χ0n) is 23.5. The molecule has 10 nitrogen and oxygen atoms in total. The molecule has 4 aromatic rings. The molecule has 0 radical (unpaired) electrons. The number of aryl methyl sites for hydroxylation is 1. The molecule has 2 aromatic heterocycles. The van der Waals surface area contributed by atoms with Crippen LogP contribution in [0.3, 0.4) is 0 Å². The largest absolute Gasteiger partial charge is 0.494 e. The van der Waals surface area contributed by atoms with E-state index in [1.165, 1.54) is 16.8 Å². The highest BCUT2D eigenvalue weighted by atomic mass is 16.5. The average molecular weight is 544 g/mol. The summed E-state index contributed by atoms with van der Waals surface area (Å²) in [7, 11) is 0. The van der Waals surface area contributed by atoms with Gasteiger partial charge >= 0.3 is 0 Å². The van der Waals surface area contributed by atoms with Crippen molar-refractivity contribution in [3.8, 4) is 5.75 Å². The van der Waals surface area contributed by atoms with Gasteiger partial charge in [-0.3, -0.25) is 9.69 Å². The Kier molecular flexibility index (Phi) is 7.53. The summed E-state index contributed by atoms with van der Waals surface area (Å²) in [5.41, 5.74) is 5.14. The lowest BCUT2D eigenvalue weighted by Crippen LogP contribution is -2.49. The molecule has 2 fully saturated rings. The first kappa shape index (κ1) is 26.5. The topological polar surface area (TPSA) is 101 Å². The van der Waals surface area contributed by atoms with Crippen LogP contribution in [0.5, 0.6) is 5.75 Å². The van der Waals surface area contributed by atoms with E-state index in [9.17, 15) is 4.79 Å². The second-order valence-corrected chi connectivity index (χ2v) is 10.7. The third kappa shape index (κ3) is 5.21. The fourth-order valence-electron chi connectivity index (χ4n) is 5.98. The number of piperazine rings is 1. The Morgan fingerprint density at radius 1 is 1.12 bits per heavy atom. The van der Waals surface area contributed by atoms with Gasteiger partial charge in [0.15, 0.2) is 5.82 Å². The summed E-state index contributed by atoms with van der Waals surface area (Å²) in [6.45, 7) is 11.4. The average Bonchev–Trinajstić information content (AvgIpc) is 3.64. The van der Waals surface area contributed by atoms with Crippen molar-refractivity contribution >= 4 is 16.6 Å². The number of hydrogen-bond donors (Lipinski definition) is 1. The Bertz CT molecular complexity index is 1530. The molecule has 0 unspecified atom stereocenters. The van der Waals surface area contributed by atoms with E-state index < -0.39 is 6.04 Å². The van der Waals surface area contributed by atoms with Gasteiger partial charge in [0, 0.05) is 54.9 Å². The molecule has 6 rings (SSSR count). The Morgan fingerprint density at radius 3 is 2.75 bits per heavy atom. The molecule has 2 aromatic carbocycles. The molecule has 210 valence electrons. The van der Waals surface area contributed by atoms with E-state index in [-0.39, 0.29) is 11.7 Å². The molecule has 4 heterocycles. The van der Waals surface area contributed by atoms with Gasteiger partial charge < -0.3 is 19.4 Å². The molecular formula is C30H37N7O3. The molecule has 2 aliphatic rings. The van der Waals surface area contributed by atoms with Crippen LogP contribution in [0.15, 0.2) is 47.3 Å². The van der Waals surface area contributed by atoms with Gasteiger partial charge in [-0.25, -0.2) is 4.68 Å². The molecule has 2 atom stereocenters. The maximum atomic E-state index is 13.6. The van der Waals surface area contributed by atoms with E-state index >= 15 is 0 Å². The second kappa shape index (κ2) is 11.4. The number of nitrogens with zero attached hydrogens (tertiary/aromatic N) is 6. The number of tetrazole rings is 1. The highest BCUT2D eigenvalue weighted by Gasteiger charge is 2.34. The van der Waals surface area contributed by atoms with E-state index in [0.717, 1.165) is 62.3 Å². The minimum atomic E-state index is -0.402. The molecule has 0 amide bonds. The lowest BCUT2D eigenvalue weighted by Gasteiger charge is -2.40. The van der Waals surface area contributed by atoms with E-state index in [1.807, 2.05) is 35.9 Å². The third-order valence-electron chi connectivity index (χ3n) is 8.25. The predicted molar refractivity (Wildman–Crippen MR) is 154 cm³/mol. The molecule has 1 N–H and O–H groups in total. The monoisotopic (exact) mass is 543 g/mol. The van der Waals surface area contributed by atoms with E-state index in [1.54, 1.807) is 0 Å². The maximum Gasteiger partial charge on any atom is 0.253 e. The number of aromatic amines is 1. The molecule has 2 aliphatic heterocycles. The quantitative estimate of drug-likeness (QED) is 0.360. The summed E-state index contributed by atoms with van der Waals surface area (Å²) in [6, 6.07) is 13.8. The van der Waals surface area contributed by atoms with Gasteiger partial charge in [-0.05, 0) is 85.5 Å². The van der Waals surface area contributed by atoms with Gasteiger partial charge in [0.25, 0.3) is 5.56 Å². The third-order valence-corrected chi connectivity index (χ3v) is 8.25. The molecule has 0 saturated carbocycles. The van der Waals surface area contributed by atoms with Crippen molar-refractivity contribution in [1.82, 2.24) is 30.1 Å². The highest BCUT2D eigenvalue weighted by Crippen LogP contribution is 2.31. The van der Waals surface area contributed by atoms with Crippen LogP contribution in [0.25, 0.3) is 10.9 Å². The summed E-state index contributed by atoms with van der Waals surface area (Å²) in [5.74, 6) is 1.44. The molecule has 0 bridgehead atoms. The van der Waals surface area contributed by atoms with Crippen LogP contribution in [0.2, 0.25) is 0 Å². The van der Waals surface area contributed by atoms with Crippen LogP contribution in [-0.4, -0.2) is 75.6 Å². The summed E-state index contributed by atoms with van der Waals surface area (Å²) in [5, 5.41) is 13.8. The SMILES string of the molecule is CCOc1ccc2[nH]c(=O)c([C@@H](c3nnnn3C[C@H]3CCCO3)N3CCN(c4cccc(C)c4C)CC3)cc2c1. The van der Waals surface area contributed by atoms with Crippen molar-refractivity contribution in [2.24, 2.45) is 0 Å². The number of ether oxygens (including phenoxy) is 2. The van der Waals surface area contributed by atoms with Crippen molar-refractivity contribution in [1.29, 1.82) is 0 Å². The van der Waals surface area contributed by atoms with Crippen LogP contribution in [0.1, 0.15) is 48.3 Å². The van der Waals surface area contributed by atoms with Crippen molar-refractivity contribution in [2.75, 3.05) is 44.3 Å². The first-order chi connectivity index (χ1) is 19.5. The van der Waals surface area contributed by atoms with Gasteiger partial charge in [-0.2, -0.15) is 0 Å². The molecule has 0 spiro atoms. The second-order valence-electron chi connectivity index (χ2n) is 10.7. The predicted octanol–water partition coefficient (Wildman–Crippen LogP) is 3.62. The molecule has 40 heavy (non-hydrogen) atoms. The van der Waals surface area contributed by atoms with Crippen molar-refractivity contribution < 1.29 is 9.47 Å². The summed E-state index contributed by atoms with van der Waals surface area (Å²) in [4.78, 5) is 21.5. The van der Waals surface area contributed by atoms with Crippen molar-refractivity contribution in [3.63, 3.8) is 0 Å². The number of benzene rings is 2. The number of rotatable bonds is 8. The summed E-state index contributed by atoms with van der Waals surface area (Å²) < 4.78 is 13.5. The Balaban J connectivity index is 1.37. The van der Waals surface area contributed by atoms with E-state index in [2.05, 4.69) is 62.4 Å². The fourth-order valence-corrected chi connectivity index (χ4v) is 5.98. The number of anilines is 1. The van der Waals surface area contributed by atoms with Gasteiger partial charge in [-0.15, -0.1) is 5.10 Å². The van der Waals surface area contributed by atoms with Crippen LogP contribution in [0.4, 0.5) is 5.69 Å². The highest BCUT2D eigenvalue weighted by molar-refractivity contribution is 5.80. The Hall–Kier alpha value is -3.76. The lowest BCUT2D eigenvalue weighted by atomic mass is 10.0. The van der Waals surface area contributed by atoms with Gasteiger partial charge in [0.1, 0.15) is 11.8 Å². The minimum absolute atomic E-state index is 0.0766. The van der Waals surface area contributed by atoms with Crippen LogP contribution in [-0.2, 0) is 11.3 Å². The van der Waals surface area contributed by atoms with Crippen molar-refractivity contribution in [2.45, 2.75) is 52.3 Å². The van der Waals surface area contributed by atoms with Gasteiger partial charge in [0.05, 0.1) is 19.3 Å². The van der Waals surface area contributed by atoms with Crippen molar-refractivity contribution in [3.05, 3.63) is 75.3 Å². The fraction of sp³-hybridized carbons (Fsp3) is 0.467. The Morgan fingerprint density at radius 2 is 1.98 bits per heavy atom. The number of hydrogen-bond acceptors (Lipinski definition) is 8. The number of pyridine rings is 1. The molecular weight excluding hydrogens is 506 g/mol. The summed E-state index contributed by atoms with van der Waals surface area (Å²) in [6.07, 6.45) is 2.10. The maximum absolute atomic E-state index is 13.6. The van der Waals surface area contributed by atoms with E-state index in [0.29, 0.717) is 24.5 Å². The van der Waals surface area contributed by atoms with Crippen LogP contribution < -0.4 is 15.2 Å². The minimum Gasteiger partial charge on any atom is -0.494 e. The van der Waals surface area contributed by atoms with E-state index in [4.69, 9.17) is 9.47 Å². The summed E-state index contributed by atoms with van der Waals surface area (Å²) >= 11 is 0.